The van der Waals surface area contributed by atoms with Crippen LogP contribution in [0.4, 0.5) is 0 Å². The molecular weight excluding hydrogens is 244 g/mol. The topological polar surface area (TPSA) is 70.6 Å². The minimum Gasteiger partial charge on any atom is -0.394 e. The average Bonchev–Trinajstić information content (AvgIpc) is 2.48. The predicted octanol–water partition coefficient (Wildman–Crippen LogP) is -0.305. The zero-order valence-electron chi connectivity index (χ0n) is 10.8. The van der Waals surface area contributed by atoms with Gasteiger partial charge < -0.3 is 20.5 Å². The van der Waals surface area contributed by atoms with Crippen LogP contribution in [0.2, 0.25) is 0 Å². The van der Waals surface area contributed by atoms with Crippen LogP contribution in [0.25, 0.3) is 0 Å². The molecule has 0 aliphatic carbocycles. The highest BCUT2D eigenvalue weighted by Gasteiger charge is 2.23. The van der Waals surface area contributed by atoms with Crippen molar-refractivity contribution in [1.82, 2.24) is 10.6 Å². The van der Waals surface area contributed by atoms with Gasteiger partial charge in [0.05, 0.1) is 19.3 Å². The lowest BCUT2D eigenvalue weighted by molar-refractivity contribution is -0.135. The first-order valence-electron chi connectivity index (χ1n) is 6.57. The Morgan fingerprint density at radius 1 is 1.47 bits per heavy atom. The lowest BCUT2D eigenvalue weighted by Gasteiger charge is -2.25. The molecule has 19 heavy (non-hydrogen) atoms. The monoisotopic (exact) mass is 264 g/mol. The second-order valence-corrected chi connectivity index (χ2v) is 4.64. The van der Waals surface area contributed by atoms with Crippen molar-refractivity contribution in [2.45, 2.75) is 18.6 Å². The van der Waals surface area contributed by atoms with Crippen molar-refractivity contribution >= 4 is 5.91 Å². The van der Waals surface area contributed by atoms with Gasteiger partial charge >= 0.3 is 0 Å². The summed E-state index contributed by atoms with van der Waals surface area (Å²) in [6, 6.07) is 9.51. The molecule has 1 aliphatic heterocycles. The molecule has 0 radical (unpaired) electrons. The fourth-order valence-corrected chi connectivity index (χ4v) is 2.09. The summed E-state index contributed by atoms with van der Waals surface area (Å²) in [6.45, 7) is 1.76. The van der Waals surface area contributed by atoms with Gasteiger partial charge in [0.25, 0.3) is 5.91 Å². The van der Waals surface area contributed by atoms with Gasteiger partial charge in [-0.2, -0.15) is 0 Å². The van der Waals surface area contributed by atoms with E-state index >= 15 is 0 Å². The molecule has 1 saturated heterocycles. The van der Waals surface area contributed by atoms with Gasteiger partial charge in [-0.1, -0.05) is 30.3 Å². The standard InChI is InChI=1S/C14H20N2O3/c17-10-12(8-11-4-2-1-3-5-11)16-14(18)13-9-15-6-7-19-13/h1-5,12-13,15,17H,6-10H2,(H,16,18). The molecule has 0 bridgehead atoms. The molecule has 1 amide bonds. The fraction of sp³-hybridized carbons (Fsp3) is 0.500. The van der Waals surface area contributed by atoms with E-state index in [-0.39, 0.29) is 18.6 Å². The molecule has 1 fully saturated rings. The van der Waals surface area contributed by atoms with E-state index in [1.54, 1.807) is 0 Å². The highest BCUT2D eigenvalue weighted by molar-refractivity contribution is 5.81. The zero-order valence-corrected chi connectivity index (χ0v) is 10.8. The molecule has 2 unspecified atom stereocenters. The molecule has 5 heteroatoms. The second-order valence-electron chi connectivity index (χ2n) is 4.64. The number of carbonyl (C=O) groups is 1. The van der Waals surface area contributed by atoms with Crippen molar-refractivity contribution < 1.29 is 14.6 Å². The zero-order chi connectivity index (χ0) is 13.5. The van der Waals surface area contributed by atoms with Gasteiger partial charge in [0, 0.05) is 13.1 Å². The van der Waals surface area contributed by atoms with Crippen LogP contribution in [0.15, 0.2) is 30.3 Å². The molecule has 1 heterocycles. The maximum atomic E-state index is 12.0. The highest BCUT2D eigenvalue weighted by Crippen LogP contribution is 2.04. The molecule has 0 saturated carbocycles. The van der Waals surface area contributed by atoms with Crippen LogP contribution < -0.4 is 10.6 Å². The van der Waals surface area contributed by atoms with Crippen molar-refractivity contribution in [2.24, 2.45) is 0 Å². The van der Waals surface area contributed by atoms with Crippen molar-refractivity contribution in [3.8, 4) is 0 Å². The SMILES string of the molecule is O=C(NC(CO)Cc1ccccc1)C1CNCCO1. The first kappa shape index (κ1) is 14.0. The quantitative estimate of drug-likeness (QED) is 0.682. The summed E-state index contributed by atoms with van der Waals surface area (Å²) in [5.41, 5.74) is 1.09. The summed E-state index contributed by atoms with van der Waals surface area (Å²) in [7, 11) is 0. The smallest absolute Gasteiger partial charge is 0.250 e. The van der Waals surface area contributed by atoms with Crippen LogP contribution in [0.3, 0.4) is 0 Å². The fourth-order valence-electron chi connectivity index (χ4n) is 2.09. The Kier molecular flexibility index (Phi) is 5.32. The molecule has 1 aliphatic rings. The molecule has 3 N–H and O–H groups in total. The van der Waals surface area contributed by atoms with E-state index in [9.17, 15) is 9.90 Å². The number of carbonyl (C=O) groups excluding carboxylic acids is 1. The lowest BCUT2D eigenvalue weighted by atomic mass is 10.1. The van der Waals surface area contributed by atoms with Crippen LogP contribution in [-0.4, -0.2) is 49.5 Å². The number of aliphatic hydroxyl groups is 1. The third-order valence-corrected chi connectivity index (χ3v) is 3.11. The molecule has 0 aromatic heterocycles. The van der Waals surface area contributed by atoms with E-state index in [1.165, 1.54) is 0 Å². The minimum atomic E-state index is -0.460. The summed E-state index contributed by atoms with van der Waals surface area (Å²) in [6.07, 6.45) is 0.155. The van der Waals surface area contributed by atoms with Crippen molar-refractivity contribution in [3.63, 3.8) is 0 Å². The Morgan fingerprint density at radius 2 is 2.26 bits per heavy atom. The number of aliphatic hydroxyl groups excluding tert-OH is 1. The van der Waals surface area contributed by atoms with E-state index in [4.69, 9.17) is 4.74 Å². The van der Waals surface area contributed by atoms with Gasteiger partial charge in [0.1, 0.15) is 6.10 Å². The molecular formula is C14H20N2O3. The van der Waals surface area contributed by atoms with Gasteiger partial charge in [0.15, 0.2) is 0 Å². The molecule has 1 aromatic carbocycles. The largest absolute Gasteiger partial charge is 0.394 e. The molecule has 1 aromatic rings. The van der Waals surface area contributed by atoms with Crippen molar-refractivity contribution in [3.05, 3.63) is 35.9 Å². The maximum absolute atomic E-state index is 12.0. The van der Waals surface area contributed by atoms with Crippen LogP contribution in [0.1, 0.15) is 5.56 Å². The number of hydrogen-bond acceptors (Lipinski definition) is 4. The Labute approximate surface area is 113 Å². The van der Waals surface area contributed by atoms with Gasteiger partial charge in [-0.15, -0.1) is 0 Å². The summed E-state index contributed by atoms with van der Waals surface area (Å²) in [4.78, 5) is 12.0. The Morgan fingerprint density at radius 3 is 2.89 bits per heavy atom. The number of benzene rings is 1. The van der Waals surface area contributed by atoms with Gasteiger partial charge in [-0.25, -0.2) is 0 Å². The predicted molar refractivity (Wildman–Crippen MR) is 71.8 cm³/mol. The van der Waals surface area contributed by atoms with Crippen molar-refractivity contribution in [2.75, 3.05) is 26.3 Å². The highest BCUT2D eigenvalue weighted by atomic mass is 16.5. The van der Waals surface area contributed by atoms with Crippen LogP contribution in [0.5, 0.6) is 0 Å². The summed E-state index contributed by atoms with van der Waals surface area (Å²) < 4.78 is 5.38. The Hall–Kier alpha value is -1.43. The minimum absolute atomic E-state index is 0.0826. The number of amides is 1. The third-order valence-electron chi connectivity index (χ3n) is 3.11. The maximum Gasteiger partial charge on any atom is 0.250 e. The van der Waals surface area contributed by atoms with E-state index in [1.807, 2.05) is 30.3 Å². The van der Waals surface area contributed by atoms with Crippen LogP contribution >= 0.6 is 0 Å². The first-order chi connectivity index (χ1) is 9.29. The lowest BCUT2D eigenvalue weighted by Crippen LogP contribution is -2.51. The molecule has 2 rings (SSSR count). The summed E-state index contributed by atoms with van der Waals surface area (Å²) in [5, 5.41) is 15.3. The number of nitrogens with one attached hydrogen (secondary N) is 2. The first-order valence-corrected chi connectivity index (χ1v) is 6.57. The van der Waals surface area contributed by atoms with Gasteiger partial charge in [0.2, 0.25) is 0 Å². The van der Waals surface area contributed by atoms with Crippen LogP contribution in [0, 0.1) is 0 Å². The average molecular weight is 264 g/mol. The molecule has 2 atom stereocenters. The Bertz CT molecular complexity index is 391. The molecule has 0 spiro atoms. The van der Waals surface area contributed by atoms with E-state index in [2.05, 4.69) is 10.6 Å². The van der Waals surface area contributed by atoms with E-state index in [0.717, 1.165) is 12.1 Å². The molecule has 5 nitrogen and oxygen atoms in total. The van der Waals surface area contributed by atoms with E-state index < -0.39 is 6.10 Å². The molecule has 104 valence electrons. The van der Waals surface area contributed by atoms with Crippen LogP contribution in [-0.2, 0) is 16.0 Å². The van der Waals surface area contributed by atoms with E-state index in [0.29, 0.717) is 19.6 Å². The number of morpholine rings is 1. The number of hydrogen-bond donors (Lipinski definition) is 3. The second kappa shape index (κ2) is 7.23. The third kappa shape index (κ3) is 4.31. The van der Waals surface area contributed by atoms with Gasteiger partial charge in [-0.3, -0.25) is 4.79 Å². The summed E-state index contributed by atoms with van der Waals surface area (Å²) in [5.74, 6) is -0.165. The van der Waals surface area contributed by atoms with Gasteiger partial charge in [-0.05, 0) is 12.0 Å². The number of ether oxygens (including phenoxy) is 1. The summed E-state index contributed by atoms with van der Waals surface area (Å²) >= 11 is 0. The number of rotatable bonds is 5. The van der Waals surface area contributed by atoms with Crippen molar-refractivity contribution in [1.29, 1.82) is 0 Å². The normalized spacial score (nSPS) is 20.8. The Balaban J connectivity index is 1.86.